The Kier molecular flexibility index (Phi) is 16.8. The Morgan fingerprint density at radius 2 is 1.17 bits per heavy atom. The molecule has 2 aromatic carbocycles. The molecular formula is C58H68N16O7. The number of carbonyl (C=O) groups is 3. The lowest BCUT2D eigenvalue weighted by Crippen LogP contribution is -2.48. The number of Topliss-reactive ketones (excluding diaryl/α,β-unsaturated/α-hetero) is 3. The summed E-state index contributed by atoms with van der Waals surface area (Å²) >= 11 is 0. The molecular weight excluding hydrogens is 1030 g/mol. The van der Waals surface area contributed by atoms with Gasteiger partial charge in [-0.15, -0.1) is 20.4 Å². The molecule has 8 aromatic rings. The molecule has 2 unspecified atom stereocenters. The number of fused-ring (bicyclic) bond motifs is 2. The Morgan fingerprint density at radius 3 is 1.62 bits per heavy atom. The molecule has 23 nitrogen and oxygen atoms in total. The molecule has 12 rings (SSSR count). The highest BCUT2D eigenvalue weighted by Gasteiger charge is 2.34. The van der Waals surface area contributed by atoms with Gasteiger partial charge in [-0.25, -0.2) is 19.9 Å². The SMILES string of the molecule is Cn1cc(Nc2nccc(-c3ccc4c(c3)CN(C3COC3)CCC4CC(=O)c3nnc(C(C)(C)C)o3)n2)cn1.Cn1cc(Nc2nccc(-c3ccc4c(c3)CNCCC4CC(=O)c3nnc(C(C)(C)C)o3)n2)cn1.O=C1COC1. The number of nitrogens with zero attached hydrogens (tertiary/aromatic N) is 13. The summed E-state index contributed by atoms with van der Waals surface area (Å²) in [5, 5.41) is 34.5. The average molecular weight is 1100 g/mol. The predicted molar refractivity (Wildman–Crippen MR) is 299 cm³/mol. The van der Waals surface area contributed by atoms with Crippen LogP contribution in [0.3, 0.4) is 0 Å². The van der Waals surface area contributed by atoms with Gasteiger partial charge in [0.25, 0.3) is 11.8 Å². The quantitative estimate of drug-likeness (QED) is 0.0922. The predicted octanol–water partition coefficient (Wildman–Crippen LogP) is 8.00. The van der Waals surface area contributed by atoms with Crippen molar-refractivity contribution in [3.8, 4) is 22.5 Å². The number of hydrogen-bond acceptors (Lipinski definition) is 21. The minimum Gasteiger partial charge on any atom is -0.418 e. The number of nitrogens with one attached hydrogen (secondary N) is 3. The van der Waals surface area contributed by atoms with Gasteiger partial charge in [-0.2, -0.15) is 10.2 Å². The van der Waals surface area contributed by atoms with Gasteiger partial charge in [0.05, 0.1) is 54.4 Å². The molecule has 0 saturated carbocycles. The number of aromatic nitrogens is 12. The molecule has 0 spiro atoms. The van der Waals surface area contributed by atoms with Crippen molar-refractivity contribution in [3.63, 3.8) is 0 Å². The maximum absolute atomic E-state index is 13.3. The third kappa shape index (κ3) is 14.0. The fourth-order valence-electron chi connectivity index (χ4n) is 9.69. The lowest BCUT2D eigenvalue weighted by molar-refractivity contribution is -0.140. The van der Waals surface area contributed by atoms with E-state index in [4.69, 9.17) is 18.6 Å². The number of anilines is 4. The van der Waals surface area contributed by atoms with Crippen LogP contribution in [0.15, 0.2) is 94.5 Å². The van der Waals surface area contributed by atoms with Crippen LogP contribution in [0.1, 0.15) is 134 Å². The molecule has 2 saturated heterocycles. The van der Waals surface area contributed by atoms with Gasteiger partial charge >= 0.3 is 0 Å². The van der Waals surface area contributed by atoms with Gasteiger partial charge in [-0.1, -0.05) is 65.8 Å². The molecule has 4 aliphatic heterocycles. The van der Waals surface area contributed by atoms with Crippen molar-refractivity contribution in [2.24, 2.45) is 14.1 Å². The highest BCUT2D eigenvalue weighted by Crippen LogP contribution is 2.37. The molecule has 0 radical (unpaired) electrons. The van der Waals surface area contributed by atoms with Gasteiger partial charge in [-0.3, -0.25) is 28.6 Å². The van der Waals surface area contributed by atoms with Gasteiger partial charge < -0.3 is 34.3 Å². The van der Waals surface area contributed by atoms with E-state index in [-0.39, 0.29) is 51.8 Å². The summed E-state index contributed by atoms with van der Waals surface area (Å²) in [6.45, 7) is 17.3. The maximum atomic E-state index is 13.3. The topological polar surface area (TPSA) is 274 Å². The average Bonchev–Trinajstić information content (AvgIpc) is 4.28. The number of hydrogen-bond donors (Lipinski definition) is 3. The summed E-state index contributed by atoms with van der Waals surface area (Å²) in [7, 11) is 3.72. The van der Waals surface area contributed by atoms with Gasteiger partial charge in [-0.05, 0) is 84.3 Å². The summed E-state index contributed by atoms with van der Waals surface area (Å²) in [6.07, 6.45) is 13.0. The number of aryl methyl sites for hydroxylation is 2. The van der Waals surface area contributed by atoms with Crippen LogP contribution in [0.5, 0.6) is 0 Å². The van der Waals surface area contributed by atoms with E-state index < -0.39 is 0 Å². The van der Waals surface area contributed by atoms with Crippen LogP contribution in [-0.2, 0) is 52.3 Å². The Morgan fingerprint density at radius 1 is 0.667 bits per heavy atom. The van der Waals surface area contributed by atoms with Crippen molar-refractivity contribution in [1.82, 2.24) is 70.1 Å². The second-order valence-corrected chi connectivity index (χ2v) is 22.8. The largest absolute Gasteiger partial charge is 0.418 e. The zero-order chi connectivity index (χ0) is 56.8. The summed E-state index contributed by atoms with van der Waals surface area (Å²) < 4.78 is 24.9. The minimum absolute atomic E-state index is 0.0424. The number of carbonyl (C=O) groups excluding carboxylic acids is 3. The third-order valence-electron chi connectivity index (χ3n) is 14.3. The van der Waals surface area contributed by atoms with Crippen LogP contribution in [0, 0.1) is 0 Å². The van der Waals surface area contributed by atoms with Crippen molar-refractivity contribution in [3.05, 3.63) is 132 Å². The lowest BCUT2D eigenvalue weighted by atomic mass is 9.87. The molecule has 4 aliphatic rings. The fourth-order valence-corrected chi connectivity index (χ4v) is 9.69. The van der Waals surface area contributed by atoms with Crippen LogP contribution < -0.4 is 16.0 Å². The van der Waals surface area contributed by atoms with E-state index in [9.17, 15) is 14.4 Å². The summed E-state index contributed by atoms with van der Waals surface area (Å²) in [5.41, 5.74) is 9.36. The second kappa shape index (κ2) is 24.2. The van der Waals surface area contributed by atoms with E-state index in [1.54, 1.807) is 34.2 Å². The van der Waals surface area contributed by atoms with E-state index in [1.165, 1.54) is 11.1 Å². The van der Waals surface area contributed by atoms with Crippen LogP contribution in [0.2, 0.25) is 0 Å². The monoisotopic (exact) mass is 1100 g/mol. The van der Waals surface area contributed by atoms with Crippen LogP contribution in [-0.4, -0.2) is 128 Å². The van der Waals surface area contributed by atoms with E-state index in [0.29, 0.717) is 55.8 Å². The molecule has 0 bridgehead atoms. The molecule has 10 heterocycles. The number of benzene rings is 2. The molecule has 0 amide bonds. The van der Waals surface area contributed by atoms with Gasteiger partial charge in [0.15, 0.2) is 5.78 Å². The van der Waals surface area contributed by atoms with Gasteiger partial charge in [0.1, 0.15) is 13.2 Å². The van der Waals surface area contributed by atoms with E-state index in [0.717, 1.165) is 97.3 Å². The Hall–Kier alpha value is -8.25. The molecule has 81 heavy (non-hydrogen) atoms. The normalized spacial score (nSPS) is 17.4. The number of ether oxygens (including phenoxy) is 2. The molecule has 2 fully saturated rings. The molecule has 422 valence electrons. The molecule has 2 atom stereocenters. The molecule has 0 aliphatic carbocycles. The maximum Gasteiger partial charge on any atom is 0.284 e. The lowest BCUT2D eigenvalue weighted by Gasteiger charge is -2.36. The summed E-state index contributed by atoms with van der Waals surface area (Å²) in [4.78, 5) is 56.7. The van der Waals surface area contributed by atoms with Crippen molar-refractivity contribution >= 4 is 40.6 Å². The Balaban J connectivity index is 0.000000168. The Labute approximate surface area is 469 Å². The van der Waals surface area contributed by atoms with Crippen LogP contribution >= 0.6 is 0 Å². The number of rotatable bonds is 13. The van der Waals surface area contributed by atoms with Gasteiger partial charge in [0.2, 0.25) is 35.2 Å². The first-order chi connectivity index (χ1) is 38.9. The van der Waals surface area contributed by atoms with Crippen LogP contribution in [0.25, 0.3) is 22.5 Å². The highest BCUT2D eigenvalue weighted by atomic mass is 16.5. The van der Waals surface area contributed by atoms with E-state index in [1.807, 2.05) is 80.2 Å². The van der Waals surface area contributed by atoms with E-state index in [2.05, 4.69) is 108 Å². The third-order valence-corrected chi connectivity index (χ3v) is 14.3. The zero-order valence-corrected chi connectivity index (χ0v) is 47.0. The zero-order valence-electron chi connectivity index (χ0n) is 47.0. The van der Waals surface area contributed by atoms with E-state index >= 15 is 0 Å². The smallest absolute Gasteiger partial charge is 0.284 e. The second-order valence-electron chi connectivity index (χ2n) is 22.8. The van der Waals surface area contributed by atoms with Crippen LogP contribution in [0.4, 0.5) is 23.3 Å². The summed E-state index contributed by atoms with van der Waals surface area (Å²) in [6, 6.07) is 16.9. The van der Waals surface area contributed by atoms with Crippen molar-refractivity contribution in [2.75, 3.05) is 50.2 Å². The number of ketones is 3. The first kappa shape index (κ1) is 56.0. The highest BCUT2D eigenvalue weighted by molar-refractivity contribution is 5.92. The molecule has 6 aromatic heterocycles. The summed E-state index contributed by atoms with van der Waals surface area (Å²) in [5.74, 6) is 2.21. The molecule has 3 N–H and O–H groups in total. The first-order valence-corrected chi connectivity index (χ1v) is 27.2. The first-order valence-electron chi connectivity index (χ1n) is 27.2. The van der Waals surface area contributed by atoms with Crippen molar-refractivity contribution in [2.45, 2.75) is 109 Å². The standard InChI is InChI=1S/C29H34N8O3.C26H30N8O2.C3H4O2/c1-29(2,3)27-35-34-26(40-27)25(38)12-18-8-10-37(22-16-39-17-22)14-20-11-19(5-6-23(18)20)24-7-9-30-28(33-24)32-21-13-31-36(4)15-21;1-26(2,3)24-33-32-23(36-24)22(35)12-16-7-9-27-13-18-11-17(5-6-20(16)18)21-8-10-28-25(31-21)30-19-14-29-34(4)15-19;4-3-1-5-2-3/h5-7,9,11,13,15,18,22H,8,10,12,14,16-17H2,1-4H3,(H,30,32,33);5-6,8,10-11,14-16,27H,7,9,12-13H2,1-4H3,(H,28,30,31);1-2H2. The fraction of sp³-hybridized carbons (Fsp3) is 0.431. The van der Waals surface area contributed by atoms with Crippen molar-refractivity contribution in [1.29, 1.82) is 0 Å². The minimum atomic E-state index is -0.309. The van der Waals surface area contributed by atoms with Crippen molar-refractivity contribution < 1.29 is 32.7 Å². The Bertz CT molecular complexity index is 3510. The van der Waals surface area contributed by atoms with Gasteiger partial charge in [0, 0.05) is 86.8 Å². The molecule has 23 heteroatoms.